The van der Waals surface area contributed by atoms with Gasteiger partial charge >= 0.3 is 0 Å². The predicted molar refractivity (Wildman–Crippen MR) is 78.9 cm³/mol. The molecule has 18 heavy (non-hydrogen) atoms. The van der Waals surface area contributed by atoms with E-state index in [4.69, 9.17) is 5.73 Å². The monoisotopic (exact) mass is 256 g/mol. The highest BCUT2D eigenvalue weighted by atomic mass is 15.2. The van der Waals surface area contributed by atoms with E-state index in [9.17, 15) is 0 Å². The molecule has 0 radical (unpaired) electrons. The van der Waals surface area contributed by atoms with E-state index in [2.05, 4.69) is 42.9 Å². The molecule has 1 fully saturated rings. The number of nitrogens with zero attached hydrogens (tertiary/aromatic N) is 2. The largest absolute Gasteiger partial charge is 0.329 e. The Morgan fingerprint density at radius 3 is 2.56 bits per heavy atom. The Morgan fingerprint density at radius 1 is 1.39 bits per heavy atom. The minimum Gasteiger partial charge on any atom is -0.329 e. The van der Waals surface area contributed by atoms with E-state index in [1.807, 2.05) is 0 Å². The van der Waals surface area contributed by atoms with Crippen molar-refractivity contribution in [2.75, 3.05) is 46.3 Å². The number of likely N-dealkylation sites (N-methyl/N-ethyl adjacent to an activating group) is 1. The quantitative estimate of drug-likeness (QED) is 0.705. The normalized spacial score (nSPS) is 30.0. The van der Waals surface area contributed by atoms with Crippen molar-refractivity contribution < 1.29 is 0 Å². The van der Waals surface area contributed by atoms with Gasteiger partial charge in [0.25, 0.3) is 0 Å². The van der Waals surface area contributed by atoms with E-state index in [1.165, 1.54) is 6.42 Å². The van der Waals surface area contributed by atoms with E-state index in [-0.39, 0.29) is 5.54 Å². The third-order valence-corrected chi connectivity index (χ3v) is 4.59. The molecule has 0 saturated carbocycles. The molecule has 0 bridgehead atoms. The third-order valence-electron chi connectivity index (χ3n) is 4.59. The highest BCUT2D eigenvalue weighted by Gasteiger charge is 2.35. The molecule has 1 rings (SSSR count). The van der Waals surface area contributed by atoms with Crippen molar-refractivity contribution in [2.45, 2.75) is 45.2 Å². The Hall–Kier alpha value is -0.160. The van der Waals surface area contributed by atoms with E-state index in [0.29, 0.717) is 6.04 Å². The van der Waals surface area contributed by atoms with E-state index < -0.39 is 0 Å². The maximum absolute atomic E-state index is 6.03. The van der Waals surface area contributed by atoms with Crippen LogP contribution >= 0.6 is 0 Å². The van der Waals surface area contributed by atoms with Crippen LogP contribution in [0.1, 0.15) is 33.6 Å². The molecule has 2 unspecified atom stereocenters. The Kier molecular flexibility index (Phi) is 6.57. The minimum absolute atomic E-state index is 0.166. The first-order valence-corrected chi connectivity index (χ1v) is 7.44. The first-order chi connectivity index (χ1) is 8.56. The standard InChI is InChI=1S/C14H32N4/c1-5-18(6-2)10-8-16-14(12-15)7-9-17(4)13(3)11-14/h13,16H,5-12,15H2,1-4H3. The number of nitrogens with one attached hydrogen (secondary N) is 1. The zero-order valence-electron chi connectivity index (χ0n) is 12.7. The zero-order valence-corrected chi connectivity index (χ0v) is 12.7. The van der Waals surface area contributed by atoms with Crippen molar-refractivity contribution in [3.8, 4) is 0 Å². The van der Waals surface area contributed by atoms with Gasteiger partial charge in [-0.1, -0.05) is 13.8 Å². The number of likely N-dealkylation sites (tertiary alicyclic amines) is 1. The van der Waals surface area contributed by atoms with Crippen LogP contribution in [0.5, 0.6) is 0 Å². The van der Waals surface area contributed by atoms with Gasteiger partial charge < -0.3 is 20.9 Å². The van der Waals surface area contributed by atoms with Gasteiger partial charge in [-0.2, -0.15) is 0 Å². The van der Waals surface area contributed by atoms with Crippen LogP contribution in [-0.4, -0.2) is 67.7 Å². The molecule has 108 valence electrons. The van der Waals surface area contributed by atoms with Crippen LogP contribution in [0.25, 0.3) is 0 Å². The Morgan fingerprint density at radius 2 is 2.06 bits per heavy atom. The van der Waals surface area contributed by atoms with Crippen molar-refractivity contribution in [3.05, 3.63) is 0 Å². The van der Waals surface area contributed by atoms with Crippen LogP contribution in [0.15, 0.2) is 0 Å². The van der Waals surface area contributed by atoms with Crippen molar-refractivity contribution in [2.24, 2.45) is 5.73 Å². The lowest BCUT2D eigenvalue weighted by molar-refractivity contribution is 0.109. The molecule has 0 amide bonds. The third kappa shape index (κ3) is 4.19. The van der Waals surface area contributed by atoms with E-state index >= 15 is 0 Å². The second-order valence-electron chi connectivity index (χ2n) is 5.72. The molecule has 1 saturated heterocycles. The van der Waals surface area contributed by atoms with Gasteiger partial charge in [-0.15, -0.1) is 0 Å². The van der Waals surface area contributed by atoms with Gasteiger partial charge in [0, 0.05) is 31.2 Å². The molecule has 4 heteroatoms. The van der Waals surface area contributed by atoms with Crippen molar-refractivity contribution >= 4 is 0 Å². The Labute approximate surface area is 113 Å². The number of nitrogens with two attached hydrogens (primary N) is 1. The zero-order chi connectivity index (χ0) is 13.6. The van der Waals surface area contributed by atoms with Crippen LogP contribution in [-0.2, 0) is 0 Å². The molecule has 1 aliphatic heterocycles. The molecule has 1 aliphatic rings. The molecule has 3 N–H and O–H groups in total. The van der Waals surface area contributed by atoms with Crippen molar-refractivity contribution in [1.82, 2.24) is 15.1 Å². The van der Waals surface area contributed by atoms with Crippen molar-refractivity contribution in [3.63, 3.8) is 0 Å². The lowest BCUT2D eigenvalue weighted by atomic mass is 9.84. The summed E-state index contributed by atoms with van der Waals surface area (Å²) < 4.78 is 0. The molecule has 1 heterocycles. The van der Waals surface area contributed by atoms with Gasteiger partial charge in [0.05, 0.1) is 0 Å². The van der Waals surface area contributed by atoms with Crippen LogP contribution < -0.4 is 11.1 Å². The number of piperidine rings is 1. The van der Waals surface area contributed by atoms with E-state index in [1.54, 1.807) is 0 Å². The summed E-state index contributed by atoms with van der Waals surface area (Å²) in [6, 6.07) is 0.628. The maximum Gasteiger partial charge on any atom is 0.0331 e. The summed E-state index contributed by atoms with van der Waals surface area (Å²) >= 11 is 0. The predicted octanol–water partition coefficient (Wildman–Crippen LogP) is 0.729. The van der Waals surface area contributed by atoms with Gasteiger partial charge in [0.1, 0.15) is 0 Å². The summed E-state index contributed by atoms with van der Waals surface area (Å²) in [7, 11) is 2.21. The second-order valence-corrected chi connectivity index (χ2v) is 5.72. The average molecular weight is 256 g/mol. The summed E-state index contributed by atoms with van der Waals surface area (Å²) in [5.41, 5.74) is 6.20. The fourth-order valence-electron chi connectivity index (χ4n) is 2.87. The van der Waals surface area contributed by atoms with Gasteiger partial charge in [0.2, 0.25) is 0 Å². The molecule has 0 aromatic heterocycles. The number of hydrogen-bond donors (Lipinski definition) is 2. The summed E-state index contributed by atoms with van der Waals surface area (Å²) in [5, 5.41) is 3.74. The highest BCUT2D eigenvalue weighted by Crippen LogP contribution is 2.24. The van der Waals surface area contributed by atoms with E-state index in [0.717, 1.165) is 45.7 Å². The van der Waals surface area contributed by atoms with Crippen molar-refractivity contribution in [1.29, 1.82) is 0 Å². The molecule has 0 aliphatic carbocycles. The second kappa shape index (κ2) is 7.43. The molecule has 0 aromatic rings. The van der Waals surface area contributed by atoms with Crippen LogP contribution in [0, 0.1) is 0 Å². The van der Waals surface area contributed by atoms with Gasteiger partial charge in [-0.25, -0.2) is 0 Å². The molecular weight excluding hydrogens is 224 g/mol. The number of hydrogen-bond acceptors (Lipinski definition) is 4. The summed E-state index contributed by atoms with van der Waals surface area (Å²) in [5.74, 6) is 0. The van der Waals surface area contributed by atoms with Gasteiger partial charge in [-0.05, 0) is 46.4 Å². The van der Waals surface area contributed by atoms with Crippen LogP contribution in [0.2, 0.25) is 0 Å². The first-order valence-electron chi connectivity index (χ1n) is 7.44. The lowest BCUT2D eigenvalue weighted by Crippen LogP contribution is -2.60. The minimum atomic E-state index is 0.166. The lowest BCUT2D eigenvalue weighted by Gasteiger charge is -2.44. The molecule has 0 spiro atoms. The fourth-order valence-corrected chi connectivity index (χ4v) is 2.87. The Bertz CT molecular complexity index is 230. The smallest absolute Gasteiger partial charge is 0.0331 e. The molecule has 0 aromatic carbocycles. The summed E-state index contributed by atoms with van der Waals surface area (Å²) in [4.78, 5) is 4.88. The SMILES string of the molecule is CCN(CC)CCNC1(CN)CCN(C)C(C)C1. The molecule has 4 nitrogen and oxygen atoms in total. The highest BCUT2D eigenvalue weighted by molar-refractivity contribution is 4.96. The fraction of sp³-hybridized carbons (Fsp3) is 1.00. The van der Waals surface area contributed by atoms with Gasteiger partial charge in [0.15, 0.2) is 0 Å². The topological polar surface area (TPSA) is 44.5 Å². The molecular formula is C14H32N4. The Balaban J connectivity index is 2.41. The van der Waals surface area contributed by atoms with Gasteiger partial charge in [-0.3, -0.25) is 0 Å². The van der Waals surface area contributed by atoms with Crippen LogP contribution in [0.3, 0.4) is 0 Å². The number of rotatable bonds is 7. The summed E-state index contributed by atoms with van der Waals surface area (Å²) in [6.45, 7) is 13.1. The van der Waals surface area contributed by atoms with Crippen LogP contribution in [0.4, 0.5) is 0 Å². The average Bonchev–Trinajstić information content (AvgIpc) is 2.39. The maximum atomic E-state index is 6.03. The first kappa shape index (κ1) is 15.9. The molecule has 2 atom stereocenters. The summed E-state index contributed by atoms with van der Waals surface area (Å²) in [6.07, 6.45) is 2.33.